The van der Waals surface area contributed by atoms with Gasteiger partial charge in [-0.15, -0.1) is 0 Å². The van der Waals surface area contributed by atoms with Crippen LogP contribution in [0.4, 0.5) is 0 Å². The first-order chi connectivity index (χ1) is 9.11. The molecule has 2 rings (SSSR count). The van der Waals surface area contributed by atoms with Gasteiger partial charge in [0.15, 0.2) is 0 Å². The number of carbonyl (C=O) groups is 1. The van der Waals surface area contributed by atoms with E-state index in [2.05, 4.69) is 21.2 Å². The summed E-state index contributed by atoms with van der Waals surface area (Å²) in [5.41, 5.74) is 0.956. The van der Waals surface area contributed by atoms with Crippen LogP contribution in [0.2, 0.25) is 0 Å². The molecule has 4 nitrogen and oxygen atoms in total. The Morgan fingerprint density at radius 2 is 2.37 bits per heavy atom. The molecule has 1 aliphatic heterocycles. The highest BCUT2D eigenvalue weighted by molar-refractivity contribution is 9.10. The van der Waals surface area contributed by atoms with Gasteiger partial charge in [-0.2, -0.15) is 0 Å². The lowest BCUT2D eigenvalue weighted by atomic mass is 10.1. The monoisotopic (exact) mass is 327 g/mol. The fourth-order valence-corrected chi connectivity index (χ4v) is 2.55. The summed E-state index contributed by atoms with van der Waals surface area (Å²) in [6.45, 7) is 2.62. The predicted octanol–water partition coefficient (Wildman–Crippen LogP) is 2.81. The van der Waals surface area contributed by atoms with Crippen molar-refractivity contribution in [2.45, 2.75) is 31.9 Å². The van der Waals surface area contributed by atoms with Crippen LogP contribution < -0.4 is 10.1 Å². The second kappa shape index (κ2) is 6.39. The number of carbonyl (C=O) groups excluding carboxylic acids is 1. The lowest BCUT2D eigenvalue weighted by Crippen LogP contribution is -2.35. The zero-order chi connectivity index (χ0) is 13.8. The quantitative estimate of drug-likeness (QED) is 0.925. The Morgan fingerprint density at radius 3 is 3.00 bits per heavy atom. The summed E-state index contributed by atoms with van der Waals surface area (Å²) in [4.78, 5) is 12.0. The van der Waals surface area contributed by atoms with Gasteiger partial charge < -0.3 is 14.8 Å². The van der Waals surface area contributed by atoms with E-state index in [-0.39, 0.29) is 18.1 Å². The van der Waals surface area contributed by atoms with Crippen molar-refractivity contribution < 1.29 is 14.3 Å². The van der Waals surface area contributed by atoms with E-state index in [4.69, 9.17) is 9.47 Å². The van der Waals surface area contributed by atoms with E-state index >= 15 is 0 Å². The smallest absolute Gasteiger partial charge is 0.249 e. The molecule has 1 heterocycles. The molecule has 1 aromatic carbocycles. The zero-order valence-corrected chi connectivity index (χ0v) is 12.7. The summed E-state index contributed by atoms with van der Waals surface area (Å²) < 4.78 is 11.7. The molecule has 0 spiro atoms. The van der Waals surface area contributed by atoms with E-state index < -0.39 is 0 Å². The van der Waals surface area contributed by atoms with Gasteiger partial charge in [0.1, 0.15) is 11.9 Å². The largest absolute Gasteiger partial charge is 0.496 e. The average Bonchev–Trinajstić information content (AvgIpc) is 2.92. The van der Waals surface area contributed by atoms with Crippen LogP contribution in [0.5, 0.6) is 5.75 Å². The third-order valence-electron chi connectivity index (χ3n) is 3.24. The molecule has 5 heteroatoms. The number of methoxy groups -OCH3 is 1. The van der Waals surface area contributed by atoms with E-state index in [1.54, 1.807) is 7.11 Å². The third kappa shape index (κ3) is 3.48. The predicted molar refractivity (Wildman–Crippen MR) is 76.2 cm³/mol. The van der Waals surface area contributed by atoms with Gasteiger partial charge in [0.25, 0.3) is 0 Å². The van der Waals surface area contributed by atoms with Crippen molar-refractivity contribution in [2.24, 2.45) is 0 Å². The number of ether oxygens (including phenoxy) is 2. The number of hydrogen-bond acceptors (Lipinski definition) is 3. The van der Waals surface area contributed by atoms with E-state index in [1.807, 2.05) is 25.1 Å². The van der Waals surface area contributed by atoms with Crippen molar-refractivity contribution in [2.75, 3.05) is 13.7 Å². The summed E-state index contributed by atoms with van der Waals surface area (Å²) in [6.07, 6.45) is 1.45. The Balaban J connectivity index is 2.06. The highest BCUT2D eigenvalue weighted by Crippen LogP contribution is 2.28. The molecule has 104 valence electrons. The molecule has 1 aromatic rings. The fraction of sp³-hybridized carbons (Fsp3) is 0.500. The minimum atomic E-state index is -0.302. The van der Waals surface area contributed by atoms with Gasteiger partial charge in [0, 0.05) is 16.6 Å². The average molecular weight is 328 g/mol. The Bertz CT molecular complexity index is 458. The maximum absolute atomic E-state index is 12.0. The molecule has 1 N–H and O–H groups in total. The summed E-state index contributed by atoms with van der Waals surface area (Å²) in [7, 11) is 1.62. The summed E-state index contributed by atoms with van der Waals surface area (Å²) >= 11 is 3.40. The number of benzene rings is 1. The Morgan fingerprint density at radius 1 is 1.58 bits per heavy atom. The van der Waals surface area contributed by atoms with Crippen molar-refractivity contribution in [3.05, 3.63) is 28.2 Å². The Kier molecular flexibility index (Phi) is 4.82. The molecule has 1 amide bonds. The number of rotatable bonds is 4. The molecular weight excluding hydrogens is 310 g/mol. The van der Waals surface area contributed by atoms with Crippen molar-refractivity contribution in [1.82, 2.24) is 5.32 Å². The molecule has 1 aliphatic rings. The van der Waals surface area contributed by atoms with Crippen molar-refractivity contribution in [3.8, 4) is 5.75 Å². The number of hydrogen-bond donors (Lipinski definition) is 1. The molecular formula is C14H18BrNO3. The molecule has 0 radical (unpaired) electrons. The van der Waals surface area contributed by atoms with Crippen LogP contribution in [0.3, 0.4) is 0 Å². The molecule has 0 bridgehead atoms. The summed E-state index contributed by atoms with van der Waals surface area (Å²) in [5, 5.41) is 2.97. The molecule has 19 heavy (non-hydrogen) atoms. The molecule has 0 aliphatic carbocycles. The molecule has 1 fully saturated rings. The lowest BCUT2D eigenvalue weighted by molar-refractivity contribution is -0.130. The fourth-order valence-electron chi connectivity index (χ4n) is 2.21. The minimum absolute atomic E-state index is 0.0463. The standard InChI is InChI=1S/C14H18BrNO3/c1-9(16-14(17)12-4-3-7-19-12)11-6-5-10(15)8-13(11)18-2/h5-6,8-9,12H,3-4,7H2,1-2H3,(H,16,17)/t9-,12-/m0/s1. The minimum Gasteiger partial charge on any atom is -0.496 e. The van der Waals surface area contributed by atoms with Gasteiger partial charge in [-0.1, -0.05) is 22.0 Å². The van der Waals surface area contributed by atoms with Crippen LogP contribution in [0.25, 0.3) is 0 Å². The van der Waals surface area contributed by atoms with Crippen LogP contribution >= 0.6 is 15.9 Å². The lowest BCUT2D eigenvalue weighted by Gasteiger charge is -2.19. The van der Waals surface area contributed by atoms with Crippen molar-refractivity contribution in [3.63, 3.8) is 0 Å². The molecule has 0 aromatic heterocycles. The Hall–Kier alpha value is -1.07. The first-order valence-corrected chi connectivity index (χ1v) is 7.16. The van der Waals surface area contributed by atoms with Crippen LogP contribution in [0, 0.1) is 0 Å². The van der Waals surface area contributed by atoms with Crippen molar-refractivity contribution >= 4 is 21.8 Å². The van der Waals surface area contributed by atoms with Crippen molar-refractivity contribution in [1.29, 1.82) is 0 Å². The Labute approximate surface area is 121 Å². The second-order valence-electron chi connectivity index (χ2n) is 4.62. The third-order valence-corrected chi connectivity index (χ3v) is 3.74. The zero-order valence-electron chi connectivity index (χ0n) is 11.1. The topological polar surface area (TPSA) is 47.6 Å². The second-order valence-corrected chi connectivity index (χ2v) is 5.53. The molecule has 0 unspecified atom stereocenters. The van der Waals surface area contributed by atoms with Gasteiger partial charge in [-0.25, -0.2) is 0 Å². The van der Waals surface area contributed by atoms with Crippen LogP contribution in [0.1, 0.15) is 31.4 Å². The highest BCUT2D eigenvalue weighted by atomic mass is 79.9. The van der Waals surface area contributed by atoms with Gasteiger partial charge in [-0.3, -0.25) is 4.79 Å². The number of nitrogens with one attached hydrogen (secondary N) is 1. The molecule has 1 saturated heterocycles. The van der Waals surface area contributed by atoms with E-state index in [0.29, 0.717) is 6.61 Å². The van der Waals surface area contributed by atoms with E-state index in [1.165, 1.54) is 0 Å². The van der Waals surface area contributed by atoms with Crippen LogP contribution in [0.15, 0.2) is 22.7 Å². The summed E-state index contributed by atoms with van der Waals surface area (Å²) in [5.74, 6) is 0.712. The van der Waals surface area contributed by atoms with Gasteiger partial charge >= 0.3 is 0 Å². The van der Waals surface area contributed by atoms with Crippen LogP contribution in [-0.4, -0.2) is 25.7 Å². The van der Waals surface area contributed by atoms with Crippen LogP contribution in [-0.2, 0) is 9.53 Å². The first kappa shape index (κ1) is 14.3. The highest BCUT2D eigenvalue weighted by Gasteiger charge is 2.25. The maximum atomic E-state index is 12.0. The number of halogens is 1. The van der Waals surface area contributed by atoms with Gasteiger partial charge in [0.2, 0.25) is 5.91 Å². The van der Waals surface area contributed by atoms with E-state index in [0.717, 1.165) is 28.6 Å². The molecule has 2 atom stereocenters. The van der Waals surface area contributed by atoms with E-state index in [9.17, 15) is 4.79 Å². The molecule has 0 saturated carbocycles. The number of amides is 1. The van der Waals surface area contributed by atoms with Gasteiger partial charge in [-0.05, 0) is 31.9 Å². The normalized spacial score (nSPS) is 20.1. The summed E-state index contributed by atoms with van der Waals surface area (Å²) in [6, 6.07) is 5.67. The maximum Gasteiger partial charge on any atom is 0.249 e. The van der Waals surface area contributed by atoms with Gasteiger partial charge in [0.05, 0.1) is 13.2 Å². The first-order valence-electron chi connectivity index (χ1n) is 6.37. The SMILES string of the molecule is COc1cc(Br)ccc1[C@H](C)NC(=O)[C@@H]1CCCO1.